The number of carboxylic acid groups (broad SMARTS) is 1. The fraction of sp³-hybridized carbons (Fsp3) is 0.500. The van der Waals surface area contributed by atoms with Gasteiger partial charge in [-0.3, -0.25) is 9.59 Å². The van der Waals surface area contributed by atoms with Gasteiger partial charge in [0.15, 0.2) is 0 Å². The van der Waals surface area contributed by atoms with E-state index in [2.05, 4.69) is 0 Å². The van der Waals surface area contributed by atoms with Gasteiger partial charge < -0.3 is 10.0 Å². The lowest BCUT2D eigenvalue weighted by atomic mass is 10.0. The van der Waals surface area contributed by atoms with E-state index < -0.39 is 11.5 Å². The Balaban J connectivity index is 3.06. The highest BCUT2D eigenvalue weighted by Crippen LogP contribution is 2.19. The lowest BCUT2D eigenvalue weighted by Crippen LogP contribution is -2.46. The van der Waals surface area contributed by atoms with Crippen molar-refractivity contribution in [2.45, 2.75) is 46.6 Å². The summed E-state index contributed by atoms with van der Waals surface area (Å²) in [5, 5.41) is 8.83. The van der Waals surface area contributed by atoms with Crippen molar-refractivity contribution < 1.29 is 14.7 Å². The summed E-state index contributed by atoms with van der Waals surface area (Å²) >= 11 is 0. The maximum absolute atomic E-state index is 12.6. The quantitative estimate of drug-likeness (QED) is 0.920. The van der Waals surface area contributed by atoms with Crippen LogP contribution in [0, 0.1) is 13.8 Å². The molecule has 0 bridgehead atoms. The molecule has 0 aliphatic heterocycles. The molecule has 4 nitrogen and oxygen atoms in total. The van der Waals surface area contributed by atoms with Crippen molar-refractivity contribution in [3.05, 3.63) is 34.9 Å². The van der Waals surface area contributed by atoms with Crippen LogP contribution in [0.1, 0.15) is 48.7 Å². The summed E-state index contributed by atoms with van der Waals surface area (Å²) in [5.41, 5.74) is 2.26. The molecule has 0 unspecified atom stereocenters. The summed E-state index contributed by atoms with van der Waals surface area (Å²) < 4.78 is 0. The second-order valence-electron chi connectivity index (χ2n) is 6.15. The molecule has 0 atom stereocenters. The largest absolute Gasteiger partial charge is 0.481 e. The Hall–Kier alpha value is -1.84. The number of hydrogen-bond donors (Lipinski definition) is 1. The van der Waals surface area contributed by atoms with E-state index in [1.807, 2.05) is 52.8 Å². The normalized spacial score (nSPS) is 11.2. The van der Waals surface area contributed by atoms with E-state index in [4.69, 9.17) is 5.11 Å². The third-order valence-electron chi connectivity index (χ3n) is 3.07. The van der Waals surface area contributed by atoms with Crippen LogP contribution in [0.3, 0.4) is 0 Å². The van der Waals surface area contributed by atoms with E-state index in [-0.39, 0.29) is 18.9 Å². The smallest absolute Gasteiger partial charge is 0.305 e. The Morgan fingerprint density at radius 3 is 2.00 bits per heavy atom. The zero-order valence-corrected chi connectivity index (χ0v) is 12.9. The lowest BCUT2D eigenvalue weighted by Gasteiger charge is -2.35. The molecule has 0 aliphatic carbocycles. The summed E-state index contributed by atoms with van der Waals surface area (Å²) in [6.07, 6.45) is -0.0478. The van der Waals surface area contributed by atoms with E-state index in [1.54, 1.807) is 4.90 Å². The van der Waals surface area contributed by atoms with E-state index in [9.17, 15) is 9.59 Å². The Bertz CT molecular complexity index is 495. The van der Waals surface area contributed by atoms with Crippen molar-refractivity contribution >= 4 is 11.9 Å². The zero-order valence-electron chi connectivity index (χ0n) is 12.9. The van der Waals surface area contributed by atoms with Crippen molar-refractivity contribution in [3.63, 3.8) is 0 Å². The minimum Gasteiger partial charge on any atom is -0.481 e. The molecular formula is C16H23NO3. The summed E-state index contributed by atoms with van der Waals surface area (Å²) in [6, 6.07) is 5.69. The third-order valence-corrected chi connectivity index (χ3v) is 3.07. The average molecular weight is 277 g/mol. The SMILES string of the molecule is Cc1cc(C)cc(C(=O)N(CCC(=O)O)C(C)(C)C)c1. The van der Waals surface area contributed by atoms with Gasteiger partial charge in [0.2, 0.25) is 0 Å². The van der Waals surface area contributed by atoms with Crippen LogP contribution >= 0.6 is 0 Å². The molecule has 0 saturated carbocycles. The number of nitrogens with zero attached hydrogens (tertiary/aromatic N) is 1. The second kappa shape index (κ2) is 6.07. The monoisotopic (exact) mass is 277 g/mol. The first-order valence-corrected chi connectivity index (χ1v) is 6.73. The van der Waals surface area contributed by atoms with Crippen LogP contribution in [-0.2, 0) is 4.79 Å². The van der Waals surface area contributed by atoms with Crippen molar-refractivity contribution in [1.29, 1.82) is 0 Å². The molecule has 1 aromatic rings. The van der Waals surface area contributed by atoms with Gasteiger partial charge in [0, 0.05) is 17.6 Å². The number of carboxylic acids is 1. The minimum atomic E-state index is -0.896. The summed E-state index contributed by atoms with van der Waals surface area (Å²) in [7, 11) is 0. The highest BCUT2D eigenvalue weighted by atomic mass is 16.4. The van der Waals surface area contributed by atoms with Gasteiger partial charge in [0.25, 0.3) is 5.91 Å². The van der Waals surface area contributed by atoms with Crippen LogP contribution in [-0.4, -0.2) is 34.0 Å². The second-order valence-corrected chi connectivity index (χ2v) is 6.15. The molecule has 20 heavy (non-hydrogen) atoms. The number of amides is 1. The molecule has 0 aliphatic rings. The fourth-order valence-corrected chi connectivity index (χ4v) is 2.20. The van der Waals surface area contributed by atoms with Gasteiger partial charge in [0.05, 0.1) is 6.42 Å². The van der Waals surface area contributed by atoms with E-state index in [1.165, 1.54) is 0 Å². The number of aryl methyl sites for hydroxylation is 2. The Morgan fingerprint density at radius 1 is 1.10 bits per heavy atom. The first kappa shape index (κ1) is 16.2. The summed E-state index contributed by atoms with van der Waals surface area (Å²) in [6.45, 7) is 9.84. The van der Waals surface area contributed by atoms with Gasteiger partial charge in [0.1, 0.15) is 0 Å². The van der Waals surface area contributed by atoms with Crippen LogP contribution in [0.5, 0.6) is 0 Å². The average Bonchev–Trinajstić information content (AvgIpc) is 2.25. The first-order chi connectivity index (χ1) is 9.11. The summed E-state index contributed by atoms with van der Waals surface area (Å²) in [5.74, 6) is -1.02. The van der Waals surface area contributed by atoms with Gasteiger partial charge in [-0.05, 0) is 46.8 Å². The molecule has 0 aromatic heterocycles. The molecule has 0 radical (unpaired) electrons. The molecule has 110 valence electrons. The molecule has 0 saturated heterocycles. The van der Waals surface area contributed by atoms with Gasteiger partial charge in [-0.2, -0.15) is 0 Å². The van der Waals surface area contributed by atoms with E-state index >= 15 is 0 Å². The van der Waals surface area contributed by atoms with E-state index in [0.29, 0.717) is 5.56 Å². The predicted octanol–water partition coefficient (Wildman–Crippen LogP) is 3.02. The Kier molecular flexibility index (Phi) is 4.93. The van der Waals surface area contributed by atoms with Crippen LogP contribution in [0.15, 0.2) is 18.2 Å². The predicted molar refractivity (Wildman–Crippen MR) is 79.0 cm³/mol. The van der Waals surface area contributed by atoms with Crippen LogP contribution in [0.4, 0.5) is 0 Å². The van der Waals surface area contributed by atoms with Crippen molar-refractivity contribution in [2.75, 3.05) is 6.54 Å². The zero-order chi connectivity index (χ0) is 15.5. The van der Waals surface area contributed by atoms with Crippen LogP contribution in [0.25, 0.3) is 0 Å². The summed E-state index contributed by atoms with van der Waals surface area (Å²) in [4.78, 5) is 25.0. The van der Waals surface area contributed by atoms with E-state index in [0.717, 1.165) is 11.1 Å². The van der Waals surface area contributed by atoms with Crippen LogP contribution < -0.4 is 0 Å². The number of benzene rings is 1. The number of hydrogen-bond acceptors (Lipinski definition) is 2. The van der Waals surface area contributed by atoms with Crippen molar-refractivity contribution in [1.82, 2.24) is 4.90 Å². The van der Waals surface area contributed by atoms with Gasteiger partial charge in [-0.1, -0.05) is 17.2 Å². The highest BCUT2D eigenvalue weighted by Gasteiger charge is 2.27. The number of rotatable bonds is 4. The molecule has 0 heterocycles. The molecule has 0 spiro atoms. The molecule has 1 N–H and O–H groups in total. The maximum atomic E-state index is 12.6. The van der Waals surface area contributed by atoms with Crippen LogP contribution in [0.2, 0.25) is 0 Å². The lowest BCUT2D eigenvalue weighted by molar-refractivity contribution is -0.137. The molecular weight excluding hydrogens is 254 g/mol. The Morgan fingerprint density at radius 2 is 1.60 bits per heavy atom. The molecule has 0 fully saturated rings. The number of carbonyl (C=O) groups is 2. The number of aliphatic carboxylic acids is 1. The fourth-order valence-electron chi connectivity index (χ4n) is 2.20. The molecule has 1 amide bonds. The van der Waals surface area contributed by atoms with Crippen molar-refractivity contribution in [3.8, 4) is 0 Å². The Labute approximate surface area is 120 Å². The maximum Gasteiger partial charge on any atom is 0.305 e. The van der Waals surface area contributed by atoms with Gasteiger partial charge in [-0.15, -0.1) is 0 Å². The van der Waals surface area contributed by atoms with Gasteiger partial charge >= 0.3 is 5.97 Å². The molecule has 1 rings (SSSR count). The third kappa shape index (κ3) is 4.37. The number of carbonyl (C=O) groups excluding carboxylic acids is 1. The van der Waals surface area contributed by atoms with Gasteiger partial charge in [-0.25, -0.2) is 0 Å². The highest BCUT2D eigenvalue weighted by molar-refractivity contribution is 5.95. The first-order valence-electron chi connectivity index (χ1n) is 6.73. The standard InChI is InChI=1S/C16H23NO3/c1-11-8-12(2)10-13(9-11)15(20)17(16(3,4)5)7-6-14(18)19/h8-10H,6-7H2,1-5H3,(H,18,19). The van der Waals surface area contributed by atoms with Crippen molar-refractivity contribution in [2.24, 2.45) is 0 Å². The minimum absolute atomic E-state index is 0.0478. The topological polar surface area (TPSA) is 57.6 Å². The molecule has 1 aromatic carbocycles. The molecule has 4 heteroatoms.